The third kappa shape index (κ3) is 4.20. The van der Waals surface area contributed by atoms with Crippen molar-refractivity contribution in [3.8, 4) is 0 Å². The maximum atomic E-state index is 9.42. The van der Waals surface area contributed by atoms with E-state index in [0.717, 1.165) is 22.4 Å². The molecule has 4 heteroatoms. The largest absolute Gasteiger partial charge is 0.369 e. The molecule has 0 aromatic carbocycles. The van der Waals surface area contributed by atoms with E-state index in [9.17, 15) is 4.89 Å². The molecule has 1 fully saturated rings. The molecule has 1 rings (SSSR count). The Morgan fingerprint density at radius 2 is 1.90 bits per heavy atom. The van der Waals surface area contributed by atoms with E-state index in [0.29, 0.717) is 0 Å². The maximum absolute atomic E-state index is 9.42. The van der Waals surface area contributed by atoms with Crippen LogP contribution in [-0.2, 0) is 0 Å². The van der Waals surface area contributed by atoms with Crippen LogP contribution in [0.25, 0.3) is 0 Å². The first-order valence-electron chi connectivity index (χ1n) is 3.84. The molecule has 3 unspecified atom stereocenters. The molecule has 0 radical (unpaired) electrons. The van der Waals surface area contributed by atoms with E-state index in [2.05, 4.69) is 0 Å². The van der Waals surface area contributed by atoms with Crippen LogP contribution in [0, 0.1) is 0 Å². The molecule has 0 amide bonds. The average molecular weight is 196 g/mol. The molecule has 0 aliphatic carbocycles. The lowest BCUT2D eigenvalue weighted by atomic mass is 10.2. The summed E-state index contributed by atoms with van der Waals surface area (Å²) >= 11 is 0. The Balaban J connectivity index is 2.15. The summed E-state index contributed by atoms with van der Waals surface area (Å²) in [7, 11) is 1.47. The fourth-order valence-electron chi connectivity index (χ4n) is 1.03. The summed E-state index contributed by atoms with van der Waals surface area (Å²) in [6.07, 6.45) is 7.96. The zero-order valence-corrected chi connectivity index (χ0v) is 9.03. The van der Waals surface area contributed by atoms with E-state index in [4.69, 9.17) is 0 Å². The van der Waals surface area contributed by atoms with Gasteiger partial charge in [-0.05, 0) is 33.1 Å². The van der Waals surface area contributed by atoms with Gasteiger partial charge < -0.3 is 4.89 Å². The lowest BCUT2D eigenvalue weighted by Crippen LogP contribution is -1.80. The Hall–Kier alpha value is 1.25. The fourth-order valence-corrected chi connectivity index (χ4v) is 8.27. The van der Waals surface area contributed by atoms with Crippen molar-refractivity contribution in [2.24, 2.45) is 0 Å². The molecule has 1 heterocycles. The second kappa shape index (κ2) is 5.84. The molecule has 0 bridgehead atoms. The van der Waals surface area contributed by atoms with Crippen molar-refractivity contribution in [2.45, 2.75) is 25.7 Å². The van der Waals surface area contributed by atoms with E-state index in [1.807, 2.05) is 0 Å². The molecule has 0 spiro atoms. The zero-order chi connectivity index (χ0) is 7.23. The van der Waals surface area contributed by atoms with E-state index in [-0.39, 0.29) is 0 Å². The van der Waals surface area contributed by atoms with Crippen LogP contribution in [0.4, 0.5) is 0 Å². The highest BCUT2D eigenvalue weighted by atomic mass is 32.4. The summed E-state index contributed by atoms with van der Waals surface area (Å²) in [5, 5.41) is 0. The minimum absolute atomic E-state index is 0.512. The van der Waals surface area contributed by atoms with Crippen molar-refractivity contribution in [3.05, 3.63) is 0 Å². The van der Waals surface area contributed by atoms with Crippen LogP contribution in [0.1, 0.15) is 25.7 Å². The first kappa shape index (κ1) is 9.34. The van der Waals surface area contributed by atoms with Gasteiger partial charge in [-0.3, -0.25) is 0 Å². The summed E-state index contributed by atoms with van der Waals surface area (Å²) in [4.78, 5) is 9.42. The van der Waals surface area contributed by atoms with Gasteiger partial charge in [0.15, 0.2) is 0 Å². The molecule has 1 N–H and O–H groups in total. The highest BCUT2D eigenvalue weighted by molar-refractivity contribution is 8.47. The Morgan fingerprint density at radius 1 is 1.10 bits per heavy atom. The molecule has 1 nitrogen and oxygen atoms in total. The zero-order valence-electron chi connectivity index (χ0n) is 6.14. The standard InChI is InChI=1S/C6H15OP3/c7-10-6-4-2-1-3-5-8-9-10/h7-9H,1-6H2. The van der Waals surface area contributed by atoms with Gasteiger partial charge in [0.1, 0.15) is 0 Å². The predicted molar refractivity (Wildman–Crippen MR) is 54.0 cm³/mol. The summed E-state index contributed by atoms with van der Waals surface area (Å²) in [5.41, 5.74) is 0. The molecule has 0 aromatic heterocycles. The molecule has 1 aliphatic heterocycles. The fraction of sp³-hybridized carbons (Fsp3) is 1.00. The molecular weight excluding hydrogens is 181 g/mol. The van der Waals surface area contributed by atoms with Gasteiger partial charge in [0.05, 0.1) is 7.84 Å². The molecular formula is C6H15OP3. The number of hydrogen-bond donors (Lipinski definition) is 1. The van der Waals surface area contributed by atoms with Gasteiger partial charge in [-0.2, -0.15) is 0 Å². The van der Waals surface area contributed by atoms with Crippen molar-refractivity contribution in [2.75, 3.05) is 12.3 Å². The first-order valence-corrected chi connectivity index (χ1v) is 9.37. The smallest absolute Gasteiger partial charge is 0.0501 e. The molecule has 60 valence electrons. The number of hydrogen-bond acceptors (Lipinski definition) is 1. The quantitative estimate of drug-likeness (QED) is 0.590. The second-order valence-corrected chi connectivity index (χ2v) is 10.2. The summed E-state index contributed by atoms with van der Waals surface area (Å²) in [6, 6.07) is 0. The highest BCUT2D eigenvalue weighted by Crippen LogP contribution is 2.63. The van der Waals surface area contributed by atoms with Crippen LogP contribution in [0.3, 0.4) is 0 Å². The van der Waals surface area contributed by atoms with Crippen molar-refractivity contribution in [1.82, 2.24) is 0 Å². The van der Waals surface area contributed by atoms with Crippen molar-refractivity contribution < 1.29 is 4.89 Å². The molecule has 0 saturated carbocycles. The predicted octanol–water partition coefficient (Wildman–Crippen LogP) is 3.14. The van der Waals surface area contributed by atoms with Crippen molar-refractivity contribution >= 4 is 24.1 Å². The van der Waals surface area contributed by atoms with E-state index < -0.39 is 7.84 Å². The van der Waals surface area contributed by atoms with Gasteiger partial charge >= 0.3 is 0 Å². The first-order chi connectivity index (χ1) is 4.89. The van der Waals surface area contributed by atoms with E-state index in [1.54, 1.807) is 0 Å². The molecule has 3 atom stereocenters. The summed E-state index contributed by atoms with van der Waals surface area (Å²) < 4.78 is 0. The van der Waals surface area contributed by atoms with Crippen molar-refractivity contribution in [1.29, 1.82) is 0 Å². The lowest BCUT2D eigenvalue weighted by Gasteiger charge is -2.06. The third-order valence-electron chi connectivity index (χ3n) is 1.63. The SMILES string of the molecule is OP1CCCCCCPP1. The van der Waals surface area contributed by atoms with Gasteiger partial charge in [0, 0.05) is 0 Å². The van der Waals surface area contributed by atoms with Crippen LogP contribution in [0.5, 0.6) is 0 Å². The van der Waals surface area contributed by atoms with E-state index >= 15 is 0 Å². The van der Waals surface area contributed by atoms with Gasteiger partial charge in [-0.15, -0.1) is 0 Å². The lowest BCUT2D eigenvalue weighted by molar-refractivity contribution is 0.629. The molecule has 1 aliphatic rings. The minimum atomic E-state index is -0.512. The summed E-state index contributed by atoms with van der Waals surface area (Å²) in [5.74, 6) is 0. The average Bonchev–Trinajstić information content (AvgIpc) is 2.02. The molecule has 1 saturated heterocycles. The molecule has 0 aromatic rings. The normalized spacial score (nSPS) is 35.1. The molecule has 10 heavy (non-hydrogen) atoms. The van der Waals surface area contributed by atoms with Crippen LogP contribution in [0.15, 0.2) is 0 Å². The van der Waals surface area contributed by atoms with Gasteiger partial charge in [-0.25, -0.2) is 0 Å². The number of rotatable bonds is 0. The highest BCUT2D eigenvalue weighted by Gasteiger charge is 2.05. The Kier molecular flexibility index (Phi) is 5.46. The van der Waals surface area contributed by atoms with Crippen LogP contribution >= 0.6 is 24.1 Å². The van der Waals surface area contributed by atoms with Gasteiger partial charge in [0.2, 0.25) is 0 Å². The summed E-state index contributed by atoms with van der Waals surface area (Å²) in [6.45, 7) is 0. The van der Waals surface area contributed by atoms with Crippen molar-refractivity contribution in [3.63, 3.8) is 0 Å². The maximum Gasteiger partial charge on any atom is 0.0501 e. The Labute approximate surface area is 67.6 Å². The van der Waals surface area contributed by atoms with Gasteiger partial charge in [-0.1, -0.05) is 21.1 Å². The van der Waals surface area contributed by atoms with Crippen LogP contribution < -0.4 is 0 Å². The van der Waals surface area contributed by atoms with Crippen LogP contribution in [-0.4, -0.2) is 17.2 Å². The third-order valence-corrected chi connectivity index (χ3v) is 9.80. The van der Waals surface area contributed by atoms with E-state index in [1.165, 1.54) is 31.8 Å². The van der Waals surface area contributed by atoms with Crippen LogP contribution in [0.2, 0.25) is 0 Å². The van der Waals surface area contributed by atoms with Gasteiger partial charge in [0.25, 0.3) is 0 Å². The Bertz CT molecular complexity index is 79.1. The monoisotopic (exact) mass is 196 g/mol. The topological polar surface area (TPSA) is 20.2 Å². The minimum Gasteiger partial charge on any atom is -0.369 e. The second-order valence-electron chi connectivity index (χ2n) is 2.58. The Morgan fingerprint density at radius 3 is 2.80 bits per heavy atom.